The number of hydrogen-bond acceptors (Lipinski definition) is 4. The summed E-state index contributed by atoms with van der Waals surface area (Å²) in [5.74, 6) is 1.99. The first-order valence-corrected chi connectivity index (χ1v) is 11.8. The summed E-state index contributed by atoms with van der Waals surface area (Å²) in [6, 6.07) is 9.06. The number of nitrogens with one attached hydrogen (secondary N) is 1. The van der Waals surface area contributed by atoms with Gasteiger partial charge >= 0.3 is 0 Å². The van der Waals surface area contributed by atoms with Crippen LogP contribution < -0.4 is 5.32 Å². The number of carbonyl (C=O) groups is 1. The molecule has 1 aliphatic carbocycles. The highest BCUT2D eigenvalue weighted by atomic mass is 32.2. The molecule has 0 saturated heterocycles. The molecule has 5 nitrogen and oxygen atoms in total. The molecule has 0 radical (unpaired) electrons. The van der Waals surface area contributed by atoms with Gasteiger partial charge in [0.25, 0.3) is 0 Å². The number of carbonyl (C=O) groups excluding carboxylic acids is 1. The van der Waals surface area contributed by atoms with Crippen molar-refractivity contribution in [2.45, 2.75) is 83.5 Å². The van der Waals surface area contributed by atoms with Crippen LogP contribution in [0, 0.1) is 12.8 Å². The van der Waals surface area contributed by atoms with Gasteiger partial charge in [-0.1, -0.05) is 69.1 Å². The zero-order valence-electron chi connectivity index (χ0n) is 18.1. The quantitative estimate of drug-likeness (QED) is 0.599. The van der Waals surface area contributed by atoms with E-state index in [9.17, 15) is 4.79 Å². The molecular weight excluding hydrogens is 380 g/mol. The van der Waals surface area contributed by atoms with E-state index in [2.05, 4.69) is 58.2 Å². The van der Waals surface area contributed by atoms with Crippen molar-refractivity contribution in [1.29, 1.82) is 0 Å². The highest BCUT2D eigenvalue weighted by molar-refractivity contribution is 7.99. The molecule has 29 heavy (non-hydrogen) atoms. The molecule has 2 aromatic rings. The lowest BCUT2D eigenvalue weighted by atomic mass is 9.95. The maximum atomic E-state index is 12.5. The fourth-order valence-electron chi connectivity index (χ4n) is 4.12. The van der Waals surface area contributed by atoms with Crippen molar-refractivity contribution >= 4 is 17.7 Å². The number of nitrogens with zero attached hydrogens (tertiary/aromatic N) is 3. The van der Waals surface area contributed by atoms with E-state index in [1.165, 1.54) is 49.4 Å². The maximum Gasteiger partial charge on any atom is 0.230 e. The van der Waals surface area contributed by atoms with Crippen molar-refractivity contribution in [2.24, 2.45) is 5.92 Å². The van der Waals surface area contributed by atoms with Crippen molar-refractivity contribution in [2.75, 3.05) is 5.75 Å². The summed E-state index contributed by atoms with van der Waals surface area (Å²) in [6.07, 6.45) is 7.29. The molecule has 1 fully saturated rings. The molecule has 1 aromatic carbocycles. The van der Waals surface area contributed by atoms with Crippen LogP contribution >= 0.6 is 11.8 Å². The lowest BCUT2D eigenvalue weighted by molar-refractivity contribution is -0.119. The van der Waals surface area contributed by atoms with Gasteiger partial charge in [0.2, 0.25) is 5.91 Å². The first-order chi connectivity index (χ1) is 13.9. The molecule has 1 aromatic heterocycles. The topological polar surface area (TPSA) is 59.8 Å². The number of rotatable bonds is 8. The number of amides is 1. The van der Waals surface area contributed by atoms with Crippen LogP contribution in [0.4, 0.5) is 0 Å². The van der Waals surface area contributed by atoms with Crippen LogP contribution in [0.1, 0.15) is 81.9 Å². The van der Waals surface area contributed by atoms with Crippen molar-refractivity contribution in [1.82, 2.24) is 20.1 Å². The molecule has 1 saturated carbocycles. The van der Waals surface area contributed by atoms with Crippen molar-refractivity contribution in [3.8, 4) is 0 Å². The Hall–Kier alpha value is -1.82. The Kier molecular flexibility index (Phi) is 7.76. The first kappa shape index (κ1) is 21.9. The summed E-state index contributed by atoms with van der Waals surface area (Å²) in [7, 11) is 0. The standard InChI is InChI=1S/C23H34N4OS/c1-16(2)14-19-10-12-20(13-11-19)17(3)24-22(28)15-29-23-26-25-18(4)27(23)21-8-6-5-7-9-21/h10-13,16-17,21H,5-9,14-15H2,1-4H3,(H,24,28). The SMILES string of the molecule is Cc1nnc(SCC(=O)NC(C)c2ccc(CC(C)C)cc2)n1C1CCCCC1. The second kappa shape index (κ2) is 10.3. The molecule has 0 spiro atoms. The fourth-order valence-corrected chi connectivity index (χ4v) is 4.98. The average Bonchev–Trinajstić information content (AvgIpc) is 3.07. The largest absolute Gasteiger partial charge is 0.349 e. The minimum Gasteiger partial charge on any atom is -0.349 e. The maximum absolute atomic E-state index is 12.5. The third-order valence-electron chi connectivity index (χ3n) is 5.61. The molecule has 1 aliphatic rings. The molecule has 1 N–H and O–H groups in total. The van der Waals surface area contributed by atoms with Crippen LogP contribution in [0.5, 0.6) is 0 Å². The van der Waals surface area contributed by atoms with Gasteiger partial charge in [0.05, 0.1) is 11.8 Å². The summed E-state index contributed by atoms with van der Waals surface area (Å²) in [4.78, 5) is 12.5. The molecule has 3 rings (SSSR count). The molecule has 6 heteroatoms. The highest BCUT2D eigenvalue weighted by Crippen LogP contribution is 2.32. The van der Waals surface area contributed by atoms with E-state index >= 15 is 0 Å². The van der Waals surface area contributed by atoms with Crippen molar-refractivity contribution in [3.05, 3.63) is 41.2 Å². The first-order valence-electron chi connectivity index (χ1n) is 10.9. The van der Waals surface area contributed by atoms with Gasteiger partial charge in [-0.3, -0.25) is 4.79 Å². The minimum atomic E-state index is -0.00542. The monoisotopic (exact) mass is 414 g/mol. The number of aromatic nitrogens is 3. The van der Waals surface area contributed by atoms with E-state index in [1.807, 2.05) is 13.8 Å². The summed E-state index contributed by atoms with van der Waals surface area (Å²) in [5, 5.41) is 12.6. The van der Waals surface area contributed by atoms with E-state index in [0.29, 0.717) is 17.7 Å². The fraction of sp³-hybridized carbons (Fsp3) is 0.609. The van der Waals surface area contributed by atoms with Gasteiger partial charge in [-0.2, -0.15) is 0 Å². The summed E-state index contributed by atoms with van der Waals surface area (Å²) < 4.78 is 2.24. The van der Waals surface area contributed by atoms with Gasteiger partial charge in [-0.25, -0.2) is 0 Å². The van der Waals surface area contributed by atoms with E-state index in [-0.39, 0.29) is 11.9 Å². The van der Waals surface area contributed by atoms with Gasteiger partial charge in [-0.15, -0.1) is 10.2 Å². The van der Waals surface area contributed by atoms with E-state index in [1.54, 1.807) is 0 Å². The highest BCUT2D eigenvalue weighted by Gasteiger charge is 2.22. The molecule has 1 unspecified atom stereocenters. The lowest BCUT2D eigenvalue weighted by Gasteiger charge is -2.25. The molecular formula is C23H34N4OS. The Morgan fingerprint density at radius 1 is 1.14 bits per heavy atom. The lowest BCUT2D eigenvalue weighted by Crippen LogP contribution is -2.28. The van der Waals surface area contributed by atoms with E-state index in [4.69, 9.17) is 0 Å². The van der Waals surface area contributed by atoms with Crippen LogP contribution in [-0.4, -0.2) is 26.4 Å². The van der Waals surface area contributed by atoms with Gasteiger partial charge < -0.3 is 9.88 Å². The van der Waals surface area contributed by atoms with Crippen LogP contribution in [0.25, 0.3) is 0 Å². The second-order valence-corrected chi connectivity index (χ2v) is 9.55. The predicted molar refractivity (Wildman–Crippen MR) is 119 cm³/mol. The van der Waals surface area contributed by atoms with Gasteiger partial charge in [-0.05, 0) is 50.2 Å². The van der Waals surface area contributed by atoms with Crippen molar-refractivity contribution in [3.63, 3.8) is 0 Å². The average molecular weight is 415 g/mol. The summed E-state index contributed by atoms with van der Waals surface area (Å²) in [6.45, 7) is 8.50. The minimum absolute atomic E-state index is 0.00542. The Balaban J connectivity index is 1.53. The summed E-state index contributed by atoms with van der Waals surface area (Å²) >= 11 is 1.49. The molecule has 1 amide bonds. The number of benzene rings is 1. The Bertz CT molecular complexity index is 794. The normalized spacial score (nSPS) is 16.2. The van der Waals surface area contributed by atoms with Gasteiger partial charge in [0, 0.05) is 6.04 Å². The Morgan fingerprint density at radius 2 is 1.83 bits per heavy atom. The van der Waals surface area contributed by atoms with Gasteiger partial charge in [0.15, 0.2) is 5.16 Å². The van der Waals surface area contributed by atoms with Crippen LogP contribution in [0.3, 0.4) is 0 Å². The molecule has 1 atom stereocenters. The third-order valence-corrected chi connectivity index (χ3v) is 6.55. The Morgan fingerprint density at radius 3 is 2.48 bits per heavy atom. The second-order valence-electron chi connectivity index (χ2n) is 8.61. The molecule has 1 heterocycles. The van der Waals surface area contributed by atoms with Crippen LogP contribution in [0.15, 0.2) is 29.4 Å². The van der Waals surface area contributed by atoms with Crippen molar-refractivity contribution < 1.29 is 4.79 Å². The summed E-state index contributed by atoms with van der Waals surface area (Å²) in [5.41, 5.74) is 2.48. The molecule has 0 bridgehead atoms. The third kappa shape index (κ3) is 6.08. The van der Waals surface area contributed by atoms with Crippen LogP contribution in [-0.2, 0) is 11.2 Å². The molecule has 158 valence electrons. The van der Waals surface area contributed by atoms with Gasteiger partial charge in [0.1, 0.15) is 5.82 Å². The Labute approximate surface area is 179 Å². The van der Waals surface area contributed by atoms with Crippen LogP contribution in [0.2, 0.25) is 0 Å². The predicted octanol–water partition coefficient (Wildman–Crippen LogP) is 5.26. The van der Waals surface area contributed by atoms with E-state index in [0.717, 1.165) is 23.0 Å². The number of aryl methyl sites for hydroxylation is 1. The smallest absolute Gasteiger partial charge is 0.230 e. The zero-order valence-corrected chi connectivity index (χ0v) is 19.0. The number of hydrogen-bond donors (Lipinski definition) is 1. The number of thioether (sulfide) groups is 1. The zero-order chi connectivity index (χ0) is 20.8. The van der Waals surface area contributed by atoms with E-state index < -0.39 is 0 Å². The molecule has 0 aliphatic heterocycles.